The van der Waals surface area contributed by atoms with Crippen molar-refractivity contribution in [3.05, 3.63) is 0 Å². The maximum absolute atomic E-state index is 11.7. The van der Waals surface area contributed by atoms with Gasteiger partial charge in [-0.05, 0) is 51.5 Å². The van der Waals surface area contributed by atoms with Crippen LogP contribution in [0.3, 0.4) is 0 Å². The van der Waals surface area contributed by atoms with Crippen LogP contribution < -0.4 is 0 Å². The normalized spacial score (nSPS) is 33.7. The molecule has 1 saturated carbocycles. The van der Waals surface area contributed by atoms with Crippen LogP contribution in [0.15, 0.2) is 0 Å². The summed E-state index contributed by atoms with van der Waals surface area (Å²) in [5.41, 5.74) is 0. The number of aliphatic hydroxyl groups excluding tert-OH is 1. The largest absolute Gasteiger partial charge is 0.396 e. The van der Waals surface area contributed by atoms with Crippen molar-refractivity contribution in [1.29, 1.82) is 0 Å². The summed E-state index contributed by atoms with van der Waals surface area (Å²) in [6, 6.07) is 1.01. The molecule has 1 N–H and O–H groups in total. The van der Waals surface area contributed by atoms with E-state index in [1.807, 2.05) is 0 Å². The second kappa shape index (κ2) is 6.55. The fraction of sp³-hybridized carbons (Fsp3) is 1.00. The zero-order chi connectivity index (χ0) is 13.9. The number of rotatable bonds is 5. The highest BCUT2D eigenvalue weighted by atomic mass is 32.2. The Balaban J connectivity index is 1.96. The summed E-state index contributed by atoms with van der Waals surface area (Å²) in [5.74, 6) is 0. The first-order chi connectivity index (χ1) is 9.02. The summed E-state index contributed by atoms with van der Waals surface area (Å²) in [5, 5.41) is 8.84. The standard InChI is InChI=1S/C14H27NO3S/c1-19(17,18)14-8-2-5-13(11-14)15-9-3-6-12(15)7-4-10-16/h12-14,16H,2-11H2,1H3. The van der Waals surface area contributed by atoms with Crippen LogP contribution in [0.1, 0.15) is 51.4 Å². The lowest BCUT2D eigenvalue weighted by Gasteiger charge is -2.38. The maximum atomic E-state index is 11.7. The van der Waals surface area contributed by atoms with Crippen LogP contribution in [0, 0.1) is 0 Å². The van der Waals surface area contributed by atoms with Crippen LogP contribution in [0.25, 0.3) is 0 Å². The molecule has 5 heteroatoms. The van der Waals surface area contributed by atoms with Gasteiger partial charge in [0.2, 0.25) is 0 Å². The monoisotopic (exact) mass is 289 g/mol. The molecule has 4 nitrogen and oxygen atoms in total. The predicted molar refractivity (Wildman–Crippen MR) is 76.9 cm³/mol. The molecule has 3 unspecified atom stereocenters. The average Bonchev–Trinajstić information content (AvgIpc) is 2.83. The highest BCUT2D eigenvalue weighted by molar-refractivity contribution is 7.91. The summed E-state index contributed by atoms with van der Waals surface area (Å²) < 4.78 is 23.5. The second-order valence-corrected chi connectivity index (χ2v) is 8.50. The van der Waals surface area contributed by atoms with Gasteiger partial charge < -0.3 is 5.11 Å². The molecule has 112 valence electrons. The average molecular weight is 289 g/mol. The third kappa shape index (κ3) is 3.92. The van der Waals surface area contributed by atoms with E-state index >= 15 is 0 Å². The van der Waals surface area contributed by atoms with Crippen molar-refractivity contribution in [3.63, 3.8) is 0 Å². The first-order valence-corrected chi connectivity index (χ1v) is 9.53. The molecule has 1 aliphatic heterocycles. The van der Waals surface area contributed by atoms with Crippen LogP contribution in [-0.4, -0.2) is 55.2 Å². The van der Waals surface area contributed by atoms with Gasteiger partial charge in [-0.25, -0.2) is 8.42 Å². The van der Waals surface area contributed by atoms with Crippen molar-refractivity contribution in [2.24, 2.45) is 0 Å². The minimum atomic E-state index is -2.89. The van der Waals surface area contributed by atoms with Crippen molar-refractivity contribution in [3.8, 4) is 0 Å². The van der Waals surface area contributed by atoms with Crippen LogP contribution >= 0.6 is 0 Å². The van der Waals surface area contributed by atoms with Crippen LogP contribution in [-0.2, 0) is 9.84 Å². The summed E-state index contributed by atoms with van der Waals surface area (Å²) >= 11 is 0. The van der Waals surface area contributed by atoms with E-state index in [9.17, 15) is 8.42 Å². The van der Waals surface area contributed by atoms with Gasteiger partial charge in [-0.15, -0.1) is 0 Å². The molecule has 0 aromatic rings. The Morgan fingerprint density at radius 2 is 2.00 bits per heavy atom. The van der Waals surface area contributed by atoms with Gasteiger partial charge in [-0.1, -0.05) is 6.42 Å². The Hall–Kier alpha value is -0.130. The molecule has 0 spiro atoms. The quantitative estimate of drug-likeness (QED) is 0.835. The van der Waals surface area contributed by atoms with E-state index in [1.165, 1.54) is 19.1 Å². The van der Waals surface area contributed by atoms with Crippen LogP contribution in [0.5, 0.6) is 0 Å². The lowest BCUT2D eigenvalue weighted by Crippen LogP contribution is -2.44. The molecule has 19 heavy (non-hydrogen) atoms. The third-order valence-electron chi connectivity index (χ3n) is 4.79. The lowest BCUT2D eigenvalue weighted by atomic mass is 9.92. The Bertz CT molecular complexity index is 382. The molecular formula is C14H27NO3S. The molecule has 1 saturated heterocycles. The molecule has 0 radical (unpaired) electrons. The van der Waals surface area contributed by atoms with E-state index in [0.29, 0.717) is 12.1 Å². The van der Waals surface area contributed by atoms with E-state index in [-0.39, 0.29) is 11.9 Å². The van der Waals surface area contributed by atoms with Gasteiger partial charge >= 0.3 is 0 Å². The van der Waals surface area contributed by atoms with Gasteiger partial charge in [0.05, 0.1) is 5.25 Å². The first-order valence-electron chi connectivity index (χ1n) is 7.58. The Morgan fingerprint density at radius 3 is 2.68 bits per heavy atom. The zero-order valence-electron chi connectivity index (χ0n) is 11.9. The SMILES string of the molecule is CS(=O)(=O)C1CCCC(N2CCCC2CCCO)C1. The van der Waals surface area contributed by atoms with Crippen LogP contribution in [0.4, 0.5) is 0 Å². The molecule has 2 fully saturated rings. The minimum absolute atomic E-state index is 0.134. The Kier molecular flexibility index (Phi) is 5.26. The van der Waals surface area contributed by atoms with Crippen molar-refractivity contribution in [2.75, 3.05) is 19.4 Å². The molecule has 1 aliphatic carbocycles. The number of hydrogen-bond acceptors (Lipinski definition) is 4. The van der Waals surface area contributed by atoms with E-state index in [2.05, 4.69) is 4.90 Å². The van der Waals surface area contributed by atoms with Crippen molar-refractivity contribution in [2.45, 2.75) is 68.7 Å². The Labute approximate surface area is 117 Å². The van der Waals surface area contributed by atoms with Gasteiger partial charge in [0.15, 0.2) is 0 Å². The molecule has 0 bridgehead atoms. The van der Waals surface area contributed by atoms with Gasteiger partial charge in [-0.3, -0.25) is 4.90 Å². The van der Waals surface area contributed by atoms with Gasteiger partial charge in [0.1, 0.15) is 9.84 Å². The van der Waals surface area contributed by atoms with Crippen molar-refractivity contribution < 1.29 is 13.5 Å². The van der Waals surface area contributed by atoms with Gasteiger partial charge in [0.25, 0.3) is 0 Å². The molecule has 2 aliphatic rings. The number of aliphatic hydroxyl groups is 1. The van der Waals surface area contributed by atoms with E-state index < -0.39 is 9.84 Å². The highest BCUT2D eigenvalue weighted by Crippen LogP contribution is 2.33. The van der Waals surface area contributed by atoms with Crippen LogP contribution in [0.2, 0.25) is 0 Å². The molecule has 0 aromatic carbocycles. The molecule has 3 atom stereocenters. The zero-order valence-corrected chi connectivity index (χ0v) is 12.7. The van der Waals surface area contributed by atoms with E-state index in [4.69, 9.17) is 5.11 Å². The van der Waals surface area contributed by atoms with E-state index in [1.54, 1.807) is 0 Å². The van der Waals surface area contributed by atoms with Crippen molar-refractivity contribution in [1.82, 2.24) is 4.90 Å². The Morgan fingerprint density at radius 1 is 1.21 bits per heavy atom. The topological polar surface area (TPSA) is 57.6 Å². The fourth-order valence-corrected chi connectivity index (χ4v) is 4.95. The second-order valence-electron chi connectivity index (χ2n) is 6.17. The number of likely N-dealkylation sites (tertiary alicyclic amines) is 1. The first kappa shape index (κ1) is 15.3. The number of nitrogens with zero attached hydrogens (tertiary/aromatic N) is 1. The highest BCUT2D eigenvalue weighted by Gasteiger charge is 2.36. The number of sulfone groups is 1. The minimum Gasteiger partial charge on any atom is -0.396 e. The molecule has 0 aromatic heterocycles. The maximum Gasteiger partial charge on any atom is 0.150 e. The molecular weight excluding hydrogens is 262 g/mol. The number of hydrogen-bond donors (Lipinski definition) is 1. The van der Waals surface area contributed by atoms with Gasteiger partial charge in [-0.2, -0.15) is 0 Å². The summed E-state index contributed by atoms with van der Waals surface area (Å²) in [6.07, 6.45) is 9.55. The smallest absolute Gasteiger partial charge is 0.150 e. The fourth-order valence-electron chi connectivity index (χ4n) is 3.79. The van der Waals surface area contributed by atoms with Gasteiger partial charge in [0, 0.05) is 24.9 Å². The van der Waals surface area contributed by atoms with Crippen molar-refractivity contribution >= 4 is 9.84 Å². The third-order valence-corrected chi connectivity index (χ3v) is 6.43. The molecule has 0 amide bonds. The lowest BCUT2D eigenvalue weighted by molar-refractivity contribution is 0.131. The summed E-state index contributed by atoms with van der Waals surface area (Å²) in [4.78, 5) is 2.53. The molecule has 2 rings (SSSR count). The predicted octanol–water partition coefficient (Wildman–Crippen LogP) is 1.58. The summed E-state index contributed by atoms with van der Waals surface area (Å²) in [6.45, 7) is 1.37. The molecule has 1 heterocycles. The van der Waals surface area contributed by atoms with E-state index in [0.717, 1.165) is 45.1 Å². The summed E-state index contributed by atoms with van der Waals surface area (Å²) in [7, 11) is -2.89.